The highest BCUT2D eigenvalue weighted by Gasteiger charge is 2.35. The van der Waals surface area contributed by atoms with Crippen molar-refractivity contribution in [2.24, 2.45) is 0 Å². The number of ether oxygens (including phenoxy) is 1. The van der Waals surface area contributed by atoms with E-state index in [4.69, 9.17) is 5.73 Å². The summed E-state index contributed by atoms with van der Waals surface area (Å²) in [6.45, 7) is -1.06. The molecule has 0 spiro atoms. The van der Waals surface area contributed by atoms with Crippen LogP contribution >= 0.6 is 0 Å². The van der Waals surface area contributed by atoms with E-state index < -0.39 is 36.7 Å². The van der Waals surface area contributed by atoms with Gasteiger partial charge >= 0.3 is 6.18 Å². The predicted molar refractivity (Wildman–Crippen MR) is 42.9 cm³/mol. The lowest BCUT2D eigenvalue weighted by atomic mass is 10.5. The van der Waals surface area contributed by atoms with E-state index in [1.807, 2.05) is 0 Å². The first-order chi connectivity index (χ1) is 7.29. The summed E-state index contributed by atoms with van der Waals surface area (Å²) in [4.78, 5) is 5.81. The number of aromatic nitrogens is 2. The van der Waals surface area contributed by atoms with Gasteiger partial charge in [0.15, 0.2) is 6.61 Å². The monoisotopic (exact) mass is 243 g/mol. The molecule has 90 valence electrons. The van der Waals surface area contributed by atoms with Gasteiger partial charge in [-0.3, -0.25) is 0 Å². The molecule has 1 heterocycles. The van der Waals surface area contributed by atoms with Gasteiger partial charge in [-0.2, -0.15) is 18.2 Å². The van der Waals surface area contributed by atoms with Crippen molar-refractivity contribution in [2.75, 3.05) is 12.3 Å². The summed E-state index contributed by atoms with van der Waals surface area (Å²) in [7, 11) is 0. The molecular weight excluding hydrogens is 237 g/mol. The molecule has 1 rings (SSSR count). The van der Waals surface area contributed by atoms with Gasteiger partial charge < -0.3 is 10.5 Å². The average molecular weight is 243 g/mol. The zero-order valence-corrected chi connectivity index (χ0v) is 7.63. The van der Waals surface area contributed by atoms with Crippen LogP contribution in [0.2, 0.25) is 0 Å². The molecule has 0 aliphatic rings. The number of nitrogen functional groups attached to an aromatic ring is 1. The summed E-state index contributed by atoms with van der Waals surface area (Å²) in [5.41, 5.74) is 5.04. The average Bonchev–Trinajstić information content (AvgIpc) is 2.12. The Morgan fingerprint density at radius 2 is 1.94 bits per heavy atom. The Balaban J connectivity index is 2.90. The first-order valence-corrected chi connectivity index (χ1v) is 3.91. The molecule has 0 unspecified atom stereocenters. The third-order valence-corrected chi connectivity index (χ3v) is 1.33. The molecular formula is C7H6F5N3O. The van der Waals surface area contributed by atoms with Crippen molar-refractivity contribution >= 4 is 5.82 Å². The number of nitrogens with zero attached hydrogens (tertiary/aromatic N) is 2. The molecule has 1 aromatic heterocycles. The van der Waals surface area contributed by atoms with E-state index in [-0.39, 0.29) is 0 Å². The first-order valence-electron chi connectivity index (χ1n) is 3.91. The number of nitrogens with two attached hydrogens (primary N) is 1. The van der Waals surface area contributed by atoms with E-state index in [0.717, 1.165) is 6.07 Å². The third kappa shape index (κ3) is 3.48. The van der Waals surface area contributed by atoms with E-state index in [9.17, 15) is 22.0 Å². The number of hydrogen-bond donors (Lipinski definition) is 1. The van der Waals surface area contributed by atoms with Crippen LogP contribution in [0, 0.1) is 0 Å². The van der Waals surface area contributed by atoms with Crippen molar-refractivity contribution in [2.45, 2.75) is 12.6 Å². The van der Waals surface area contributed by atoms with Crippen molar-refractivity contribution < 1.29 is 26.7 Å². The van der Waals surface area contributed by atoms with Gasteiger partial charge in [-0.05, 0) is 0 Å². The van der Waals surface area contributed by atoms with Crippen molar-refractivity contribution in [1.82, 2.24) is 9.97 Å². The molecule has 16 heavy (non-hydrogen) atoms. The van der Waals surface area contributed by atoms with Crippen LogP contribution in [0.25, 0.3) is 0 Å². The van der Waals surface area contributed by atoms with Gasteiger partial charge in [0, 0.05) is 6.07 Å². The number of rotatable bonds is 3. The molecule has 0 amide bonds. The van der Waals surface area contributed by atoms with E-state index >= 15 is 0 Å². The topological polar surface area (TPSA) is 61.0 Å². The standard InChI is InChI=1S/C7H6F5N3O/c8-3(9)2-16-5-1-4(13)14-6(15-5)7(10,11)12/h1,3H,2H2,(H2,13,14,15). The second kappa shape index (κ2) is 4.45. The lowest BCUT2D eigenvalue weighted by molar-refractivity contribution is -0.145. The molecule has 0 aliphatic carbocycles. The van der Waals surface area contributed by atoms with E-state index in [1.165, 1.54) is 0 Å². The zero-order valence-electron chi connectivity index (χ0n) is 7.63. The van der Waals surface area contributed by atoms with Crippen LogP contribution in [0.4, 0.5) is 27.8 Å². The zero-order chi connectivity index (χ0) is 12.3. The molecule has 9 heteroatoms. The van der Waals surface area contributed by atoms with Crippen molar-refractivity contribution in [3.8, 4) is 5.88 Å². The molecule has 0 atom stereocenters. The second-order valence-electron chi connectivity index (χ2n) is 2.65. The Kier molecular flexibility index (Phi) is 3.45. The quantitative estimate of drug-likeness (QED) is 0.821. The molecule has 0 radical (unpaired) electrons. The summed E-state index contributed by atoms with van der Waals surface area (Å²) >= 11 is 0. The Morgan fingerprint density at radius 1 is 1.31 bits per heavy atom. The number of halogens is 5. The molecule has 4 nitrogen and oxygen atoms in total. The maximum Gasteiger partial charge on any atom is 0.451 e. The van der Waals surface area contributed by atoms with Gasteiger partial charge in [0.2, 0.25) is 11.7 Å². The van der Waals surface area contributed by atoms with Crippen LogP contribution in [-0.4, -0.2) is 23.0 Å². The molecule has 0 bridgehead atoms. The largest absolute Gasteiger partial charge is 0.471 e. The van der Waals surface area contributed by atoms with Gasteiger partial charge in [0.1, 0.15) is 5.82 Å². The molecule has 0 saturated heterocycles. The van der Waals surface area contributed by atoms with Crippen LogP contribution in [-0.2, 0) is 6.18 Å². The van der Waals surface area contributed by atoms with Crippen molar-refractivity contribution in [3.05, 3.63) is 11.9 Å². The highest BCUT2D eigenvalue weighted by molar-refractivity contribution is 5.33. The fraction of sp³-hybridized carbons (Fsp3) is 0.429. The number of alkyl halides is 5. The number of hydrogen-bond acceptors (Lipinski definition) is 4. The summed E-state index contributed by atoms with van der Waals surface area (Å²) < 4.78 is 64.3. The van der Waals surface area contributed by atoms with Gasteiger partial charge in [-0.1, -0.05) is 0 Å². The molecule has 0 aromatic carbocycles. The van der Waals surface area contributed by atoms with Crippen LogP contribution in [0.5, 0.6) is 5.88 Å². The van der Waals surface area contributed by atoms with E-state index in [1.54, 1.807) is 0 Å². The van der Waals surface area contributed by atoms with Crippen molar-refractivity contribution in [1.29, 1.82) is 0 Å². The highest BCUT2D eigenvalue weighted by Crippen LogP contribution is 2.28. The normalized spacial score (nSPS) is 11.9. The van der Waals surface area contributed by atoms with E-state index in [2.05, 4.69) is 14.7 Å². The Bertz CT molecular complexity index is 368. The smallest absolute Gasteiger partial charge is 0.451 e. The Morgan fingerprint density at radius 3 is 2.44 bits per heavy atom. The lowest BCUT2D eigenvalue weighted by Crippen LogP contribution is -2.15. The van der Waals surface area contributed by atoms with E-state index in [0.29, 0.717) is 0 Å². The Labute approximate surface area is 86.2 Å². The minimum atomic E-state index is -4.81. The third-order valence-electron chi connectivity index (χ3n) is 1.33. The fourth-order valence-electron chi connectivity index (χ4n) is 0.792. The van der Waals surface area contributed by atoms with Crippen molar-refractivity contribution in [3.63, 3.8) is 0 Å². The van der Waals surface area contributed by atoms with Gasteiger partial charge in [-0.15, -0.1) is 0 Å². The molecule has 1 aromatic rings. The van der Waals surface area contributed by atoms with Crippen LogP contribution < -0.4 is 10.5 Å². The lowest BCUT2D eigenvalue weighted by Gasteiger charge is -2.09. The first kappa shape index (κ1) is 12.4. The molecule has 2 N–H and O–H groups in total. The summed E-state index contributed by atoms with van der Waals surface area (Å²) in [6, 6.07) is 0.831. The summed E-state index contributed by atoms with van der Waals surface area (Å²) in [5, 5.41) is 0. The van der Waals surface area contributed by atoms with Gasteiger partial charge in [0.25, 0.3) is 6.43 Å². The summed E-state index contributed by atoms with van der Waals surface area (Å²) in [5.74, 6) is -2.68. The minimum absolute atomic E-state index is 0.508. The number of anilines is 1. The maximum atomic E-state index is 12.2. The fourth-order valence-corrected chi connectivity index (χ4v) is 0.792. The molecule has 0 saturated carbocycles. The van der Waals surface area contributed by atoms with Gasteiger partial charge in [-0.25, -0.2) is 13.8 Å². The Hall–Kier alpha value is -1.67. The molecule has 0 fully saturated rings. The van der Waals surface area contributed by atoms with Crippen LogP contribution in [0.15, 0.2) is 6.07 Å². The van der Waals surface area contributed by atoms with Crippen LogP contribution in [0.1, 0.15) is 5.82 Å². The molecule has 0 aliphatic heterocycles. The predicted octanol–water partition coefficient (Wildman–Crippen LogP) is 1.72. The second-order valence-corrected chi connectivity index (χ2v) is 2.65. The van der Waals surface area contributed by atoms with Crippen LogP contribution in [0.3, 0.4) is 0 Å². The SMILES string of the molecule is Nc1cc(OCC(F)F)nc(C(F)(F)F)n1. The minimum Gasteiger partial charge on any atom is -0.471 e. The highest BCUT2D eigenvalue weighted by atomic mass is 19.4. The summed E-state index contributed by atoms with van der Waals surface area (Å²) in [6.07, 6.45) is -7.62. The maximum absolute atomic E-state index is 12.2. The van der Waals surface area contributed by atoms with Gasteiger partial charge in [0.05, 0.1) is 0 Å².